The highest BCUT2D eigenvalue weighted by molar-refractivity contribution is 14.0. The van der Waals surface area contributed by atoms with Gasteiger partial charge in [-0.1, -0.05) is 26.0 Å². The van der Waals surface area contributed by atoms with Gasteiger partial charge in [-0.15, -0.1) is 24.0 Å². The summed E-state index contributed by atoms with van der Waals surface area (Å²) in [5.41, 5.74) is 7.99. The minimum Gasteiger partial charge on any atom is -0.493 e. The Morgan fingerprint density at radius 3 is 2.63 bits per heavy atom. The van der Waals surface area contributed by atoms with Gasteiger partial charge >= 0.3 is 0 Å². The minimum atomic E-state index is 0. The number of ether oxygens (including phenoxy) is 2. The van der Waals surface area contributed by atoms with E-state index in [1.165, 1.54) is 0 Å². The SMILES string of the molecule is CCN(CC)CCOc1ccc(CN=C(N)NCCc2ccccn2)cc1OC.I. The number of benzene rings is 1. The number of guanidine groups is 1. The van der Waals surface area contributed by atoms with Crippen molar-refractivity contribution in [2.45, 2.75) is 26.8 Å². The fraction of sp³-hybridized carbons (Fsp3) is 0.455. The second-order valence-electron chi connectivity index (χ2n) is 6.56. The van der Waals surface area contributed by atoms with Crippen molar-refractivity contribution >= 4 is 29.9 Å². The van der Waals surface area contributed by atoms with Crippen LogP contribution in [0.2, 0.25) is 0 Å². The summed E-state index contributed by atoms with van der Waals surface area (Å²) in [6.45, 7) is 9.02. The molecule has 0 aliphatic carbocycles. The first-order valence-corrected chi connectivity index (χ1v) is 10.1. The maximum Gasteiger partial charge on any atom is 0.188 e. The highest BCUT2D eigenvalue weighted by Gasteiger charge is 2.07. The first-order chi connectivity index (χ1) is 14.2. The minimum absolute atomic E-state index is 0. The zero-order valence-electron chi connectivity index (χ0n) is 18.1. The monoisotopic (exact) mass is 527 g/mol. The highest BCUT2D eigenvalue weighted by atomic mass is 127. The lowest BCUT2D eigenvalue weighted by Crippen LogP contribution is -2.33. The van der Waals surface area contributed by atoms with Crippen molar-refractivity contribution in [2.24, 2.45) is 10.7 Å². The summed E-state index contributed by atoms with van der Waals surface area (Å²) < 4.78 is 11.4. The Balaban J connectivity index is 0.00000450. The van der Waals surface area contributed by atoms with Gasteiger partial charge in [-0.25, -0.2) is 4.99 Å². The van der Waals surface area contributed by atoms with Gasteiger partial charge < -0.3 is 25.4 Å². The maximum atomic E-state index is 5.96. The Bertz CT molecular complexity index is 754. The number of nitrogens with two attached hydrogens (primary N) is 1. The predicted molar refractivity (Wildman–Crippen MR) is 133 cm³/mol. The van der Waals surface area contributed by atoms with E-state index in [1.54, 1.807) is 13.3 Å². The number of pyridine rings is 1. The Labute approximate surface area is 197 Å². The van der Waals surface area contributed by atoms with Gasteiger partial charge in [0.15, 0.2) is 17.5 Å². The largest absolute Gasteiger partial charge is 0.493 e. The van der Waals surface area contributed by atoms with Crippen LogP contribution in [0, 0.1) is 0 Å². The third-order valence-electron chi connectivity index (χ3n) is 4.63. The average molecular weight is 527 g/mol. The van der Waals surface area contributed by atoms with Crippen LogP contribution in [0.15, 0.2) is 47.6 Å². The zero-order valence-corrected chi connectivity index (χ0v) is 20.5. The second-order valence-corrected chi connectivity index (χ2v) is 6.56. The maximum absolute atomic E-state index is 5.96. The molecule has 0 atom stereocenters. The van der Waals surface area contributed by atoms with Crippen LogP contribution >= 0.6 is 24.0 Å². The van der Waals surface area contributed by atoms with Gasteiger partial charge in [-0.2, -0.15) is 0 Å². The van der Waals surface area contributed by atoms with Gasteiger partial charge in [-0.3, -0.25) is 4.98 Å². The third-order valence-corrected chi connectivity index (χ3v) is 4.63. The molecule has 2 rings (SSSR count). The molecule has 30 heavy (non-hydrogen) atoms. The molecule has 0 unspecified atom stereocenters. The molecule has 166 valence electrons. The van der Waals surface area contributed by atoms with Crippen LogP contribution in [-0.4, -0.2) is 55.7 Å². The van der Waals surface area contributed by atoms with Gasteiger partial charge in [0.25, 0.3) is 0 Å². The van der Waals surface area contributed by atoms with Crippen LogP contribution in [0.1, 0.15) is 25.1 Å². The zero-order chi connectivity index (χ0) is 20.9. The summed E-state index contributed by atoms with van der Waals surface area (Å²) in [4.78, 5) is 11.0. The Kier molecular flexibility index (Phi) is 12.8. The van der Waals surface area contributed by atoms with Crippen molar-refractivity contribution in [1.82, 2.24) is 15.2 Å². The molecule has 0 saturated carbocycles. The predicted octanol–water partition coefficient (Wildman–Crippen LogP) is 3.08. The van der Waals surface area contributed by atoms with Crippen molar-refractivity contribution in [2.75, 3.05) is 39.9 Å². The smallest absolute Gasteiger partial charge is 0.188 e. The number of likely N-dealkylation sites (N-methyl/N-ethyl adjacent to an activating group) is 1. The molecule has 2 aromatic rings. The Morgan fingerprint density at radius 1 is 1.17 bits per heavy atom. The van der Waals surface area contributed by atoms with Gasteiger partial charge in [0.1, 0.15) is 6.61 Å². The molecule has 1 heterocycles. The van der Waals surface area contributed by atoms with Gasteiger partial charge in [0.2, 0.25) is 0 Å². The topological polar surface area (TPSA) is 85.0 Å². The van der Waals surface area contributed by atoms with Crippen LogP contribution in [0.5, 0.6) is 11.5 Å². The number of hydrogen-bond donors (Lipinski definition) is 2. The van der Waals surface area contributed by atoms with E-state index < -0.39 is 0 Å². The summed E-state index contributed by atoms with van der Waals surface area (Å²) in [6, 6.07) is 11.7. The molecule has 0 saturated heterocycles. The summed E-state index contributed by atoms with van der Waals surface area (Å²) in [5.74, 6) is 1.87. The van der Waals surface area contributed by atoms with Gasteiger partial charge in [-0.05, 0) is 42.9 Å². The van der Waals surface area contributed by atoms with E-state index in [9.17, 15) is 0 Å². The average Bonchev–Trinajstić information content (AvgIpc) is 2.76. The van der Waals surface area contributed by atoms with Crippen molar-refractivity contribution < 1.29 is 9.47 Å². The lowest BCUT2D eigenvalue weighted by Gasteiger charge is -2.18. The number of aromatic nitrogens is 1. The number of methoxy groups -OCH3 is 1. The summed E-state index contributed by atoms with van der Waals surface area (Å²) in [7, 11) is 1.65. The van der Waals surface area contributed by atoms with Crippen LogP contribution in [0.4, 0.5) is 0 Å². The number of halogens is 1. The summed E-state index contributed by atoms with van der Waals surface area (Å²) >= 11 is 0. The van der Waals surface area contributed by atoms with E-state index in [4.69, 9.17) is 15.2 Å². The number of hydrogen-bond acceptors (Lipinski definition) is 5. The number of aliphatic imine (C=N–C) groups is 1. The normalized spacial score (nSPS) is 11.1. The molecule has 0 fully saturated rings. The number of nitrogens with zero attached hydrogens (tertiary/aromatic N) is 3. The highest BCUT2D eigenvalue weighted by Crippen LogP contribution is 2.28. The molecule has 0 bridgehead atoms. The fourth-order valence-electron chi connectivity index (χ4n) is 2.85. The summed E-state index contributed by atoms with van der Waals surface area (Å²) in [6.07, 6.45) is 2.58. The fourth-order valence-corrected chi connectivity index (χ4v) is 2.85. The van der Waals surface area contributed by atoms with E-state index >= 15 is 0 Å². The Hall–Kier alpha value is -2.07. The van der Waals surface area contributed by atoms with E-state index in [2.05, 4.69) is 34.0 Å². The number of nitrogens with one attached hydrogen (secondary N) is 1. The van der Waals surface area contributed by atoms with E-state index in [0.717, 1.165) is 43.1 Å². The molecule has 1 aromatic carbocycles. The lowest BCUT2D eigenvalue weighted by molar-refractivity contribution is 0.217. The summed E-state index contributed by atoms with van der Waals surface area (Å²) in [5, 5.41) is 3.12. The first-order valence-electron chi connectivity index (χ1n) is 10.1. The Morgan fingerprint density at radius 2 is 1.97 bits per heavy atom. The molecule has 8 heteroatoms. The second kappa shape index (κ2) is 14.8. The molecule has 3 N–H and O–H groups in total. The molecule has 0 aliphatic heterocycles. The third kappa shape index (κ3) is 9.17. The van der Waals surface area contributed by atoms with Gasteiger partial charge in [0, 0.05) is 31.4 Å². The van der Waals surface area contributed by atoms with Crippen LogP contribution in [0.25, 0.3) is 0 Å². The molecule has 0 spiro atoms. The molecule has 0 radical (unpaired) electrons. The van der Waals surface area contributed by atoms with Crippen LogP contribution < -0.4 is 20.5 Å². The van der Waals surface area contributed by atoms with E-state index in [-0.39, 0.29) is 24.0 Å². The quantitative estimate of drug-likeness (QED) is 0.251. The molecular weight excluding hydrogens is 493 g/mol. The van der Waals surface area contributed by atoms with Crippen LogP contribution in [0.3, 0.4) is 0 Å². The molecule has 0 amide bonds. The van der Waals surface area contributed by atoms with Crippen LogP contribution in [-0.2, 0) is 13.0 Å². The lowest BCUT2D eigenvalue weighted by atomic mass is 10.2. The van der Waals surface area contributed by atoms with Crippen molar-refractivity contribution in [1.29, 1.82) is 0 Å². The molecular formula is C22H34IN5O2. The standard InChI is InChI=1S/C22H33N5O2.HI/c1-4-27(5-2)14-15-29-20-10-9-18(16-21(20)28-3)17-26-22(23)25-13-11-19-8-6-7-12-24-19;/h6-10,12,16H,4-5,11,13-15,17H2,1-3H3,(H3,23,25,26);1H. The van der Waals surface area contributed by atoms with Crippen molar-refractivity contribution in [3.63, 3.8) is 0 Å². The molecule has 1 aromatic heterocycles. The number of rotatable bonds is 12. The molecule has 7 nitrogen and oxygen atoms in total. The van der Waals surface area contributed by atoms with Crippen molar-refractivity contribution in [3.8, 4) is 11.5 Å². The molecule has 0 aliphatic rings. The van der Waals surface area contributed by atoms with Crippen molar-refractivity contribution in [3.05, 3.63) is 53.9 Å². The van der Waals surface area contributed by atoms with E-state index in [0.29, 0.717) is 31.4 Å². The first kappa shape index (κ1) is 26.0. The van der Waals surface area contributed by atoms with Gasteiger partial charge in [0.05, 0.1) is 13.7 Å². The van der Waals surface area contributed by atoms with E-state index in [1.807, 2.05) is 36.4 Å².